The van der Waals surface area contributed by atoms with Gasteiger partial charge >= 0.3 is 6.18 Å². The molecule has 0 aromatic rings. The molecule has 0 saturated carbocycles. The first-order valence-electron chi connectivity index (χ1n) is 5.49. The predicted molar refractivity (Wildman–Crippen MR) is 54.1 cm³/mol. The summed E-state index contributed by atoms with van der Waals surface area (Å²) in [5.41, 5.74) is 0. The standard InChI is InChI=1S/C10H15F3N2O2/c1-2-7-9(17)14-6-8(16)15(7)5-3-4-10(11,12)13/h7H,2-6H2,1H3,(H,14,17). The molecule has 4 nitrogen and oxygen atoms in total. The third-order valence-electron chi connectivity index (χ3n) is 2.66. The summed E-state index contributed by atoms with van der Waals surface area (Å²) in [7, 11) is 0. The van der Waals surface area contributed by atoms with Crippen LogP contribution < -0.4 is 5.32 Å². The molecular weight excluding hydrogens is 237 g/mol. The summed E-state index contributed by atoms with van der Waals surface area (Å²) in [5.74, 6) is -0.613. The zero-order valence-electron chi connectivity index (χ0n) is 9.51. The number of hydrogen-bond donors (Lipinski definition) is 1. The van der Waals surface area contributed by atoms with Crippen molar-refractivity contribution in [3.63, 3.8) is 0 Å². The summed E-state index contributed by atoms with van der Waals surface area (Å²) in [4.78, 5) is 24.1. The van der Waals surface area contributed by atoms with Crippen LogP contribution in [0.4, 0.5) is 13.2 Å². The monoisotopic (exact) mass is 252 g/mol. The zero-order valence-corrected chi connectivity index (χ0v) is 9.51. The number of carbonyl (C=O) groups is 2. The van der Waals surface area contributed by atoms with E-state index >= 15 is 0 Å². The first-order chi connectivity index (χ1) is 7.85. The molecule has 0 aromatic carbocycles. The number of hydrogen-bond acceptors (Lipinski definition) is 2. The average molecular weight is 252 g/mol. The van der Waals surface area contributed by atoms with Crippen molar-refractivity contribution in [3.8, 4) is 0 Å². The molecule has 0 aromatic heterocycles. The van der Waals surface area contributed by atoms with Gasteiger partial charge in [0.1, 0.15) is 6.04 Å². The van der Waals surface area contributed by atoms with Gasteiger partial charge in [-0.1, -0.05) is 6.92 Å². The Hall–Kier alpha value is -1.27. The highest BCUT2D eigenvalue weighted by Crippen LogP contribution is 2.22. The molecule has 17 heavy (non-hydrogen) atoms. The SMILES string of the molecule is CCC1C(=O)NCC(=O)N1CCCC(F)(F)F. The molecule has 1 fully saturated rings. The van der Waals surface area contributed by atoms with Crippen LogP contribution >= 0.6 is 0 Å². The third kappa shape index (κ3) is 3.90. The highest BCUT2D eigenvalue weighted by molar-refractivity contribution is 5.94. The van der Waals surface area contributed by atoms with Crippen LogP contribution in [0, 0.1) is 0 Å². The number of nitrogens with zero attached hydrogens (tertiary/aromatic N) is 1. The molecule has 1 rings (SSSR count). The van der Waals surface area contributed by atoms with Crippen molar-refractivity contribution < 1.29 is 22.8 Å². The first-order valence-corrected chi connectivity index (χ1v) is 5.49. The van der Waals surface area contributed by atoms with Crippen LogP contribution in [0.1, 0.15) is 26.2 Å². The van der Waals surface area contributed by atoms with Gasteiger partial charge in [-0.05, 0) is 12.8 Å². The van der Waals surface area contributed by atoms with Crippen molar-refractivity contribution in [2.75, 3.05) is 13.1 Å². The second kappa shape index (κ2) is 5.37. The van der Waals surface area contributed by atoms with E-state index in [0.717, 1.165) is 0 Å². The summed E-state index contributed by atoms with van der Waals surface area (Å²) < 4.78 is 35.9. The lowest BCUT2D eigenvalue weighted by molar-refractivity contribution is -0.148. The minimum absolute atomic E-state index is 0.0235. The van der Waals surface area contributed by atoms with Crippen molar-refractivity contribution in [3.05, 3.63) is 0 Å². The maximum atomic E-state index is 12.0. The fraction of sp³-hybridized carbons (Fsp3) is 0.800. The van der Waals surface area contributed by atoms with Gasteiger partial charge in [-0.15, -0.1) is 0 Å². The molecule has 98 valence electrons. The lowest BCUT2D eigenvalue weighted by Crippen LogP contribution is -2.58. The van der Waals surface area contributed by atoms with E-state index in [1.54, 1.807) is 6.92 Å². The zero-order chi connectivity index (χ0) is 13.1. The van der Waals surface area contributed by atoms with Crippen LogP contribution in [0.3, 0.4) is 0 Å². The maximum Gasteiger partial charge on any atom is 0.389 e. The molecule has 1 saturated heterocycles. The Bertz CT molecular complexity index is 304. The lowest BCUT2D eigenvalue weighted by Gasteiger charge is -2.34. The fourth-order valence-electron chi connectivity index (χ4n) is 1.83. The number of nitrogens with one attached hydrogen (secondary N) is 1. The Morgan fingerprint density at radius 1 is 1.41 bits per heavy atom. The molecule has 1 aliphatic heterocycles. The van der Waals surface area contributed by atoms with Crippen molar-refractivity contribution in [1.29, 1.82) is 0 Å². The van der Waals surface area contributed by atoms with E-state index in [1.807, 2.05) is 0 Å². The predicted octanol–water partition coefficient (Wildman–Crippen LogP) is 1.07. The van der Waals surface area contributed by atoms with E-state index in [1.165, 1.54) is 4.90 Å². The second-order valence-electron chi connectivity index (χ2n) is 3.95. The average Bonchev–Trinajstić information content (AvgIpc) is 2.21. The summed E-state index contributed by atoms with van der Waals surface area (Å²) in [6.07, 6.45) is -4.92. The number of amides is 2. The van der Waals surface area contributed by atoms with Crippen LogP contribution in [-0.4, -0.2) is 42.0 Å². The molecular formula is C10H15F3N2O2. The molecule has 2 amide bonds. The molecule has 0 spiro atoms. The summed E-state index contributed by atoms with van der Waals surface area (Å²) in [5, 5.41) is 2.42. The van der Waals surface area contributed by atoms with Gasteiger partial charge in [0.15, 0.2) is 0 Å². The van der Waals surface area contributed by atoms with E-state index in [4.69, 9.17) is 0 Å². The van der Waals surface area contributed by atoms with E-state index < -0.39 is 18.6 Å². The third-order valence-corrected chi connectivity index (χ3v) is 2.66. The Labute approximate surface area is 97.1 Å². The Kier molecular flexibility index (Phi) is 4.36. The topological polar surface area (TPSA) is 49.4 Å². The smallest absolute Gasteiger partial charge is 0.345 e. The molecule has 1 aliphatic rings. The number of piperazine rings is 1. The number of rotatable bonds is 4. The van der Waals surface area contributed by atoms with Crippen molar-refractivity contribution >= 4 is 11.8 Å². The van der Waals surface area contributed by atoms with Gasteiger partial charge in [0.2, 0.25) is 11.8 Å². The molecule has 1 heterocycles. The molecule has 0 bridgehead atoms. The van der Waals surface area contributed by atoms with Crippen LogP contribution in [-0.2, 0) is 9.59 Å². The Balaban J connectivity index is 2.53. The Morgan fingerprint density at radius 2 is 2.06 bits per heavy atom. The van der Waals surface area contributed by atoms with Crippen molar-refractivity contribution in [2.45, 2.75) is 38.4 Å². The molecule has 0 radical (unpaired) electrons. The summed E-state index contributed by atoms with van der Waals surface area (Å²) in [6.45, 7) is 1.57. The molecule has 7 heteroatoms. The van der Waals surface area contributed by atoms with Crippen molar-refractivity contribution in [2.24, 2.45) is 0 Å². The summed E-state index contributed by atoms with van der Waals surface area (Å²) in [6, 6.07) is -0.635. The normalized spacial score (nSPS) is 21.6. The molecule has 0 aliphatic carbocycles. The second-order valence-corrected chi connectivity index (χ2v) is 3.95. The maximum absolute atomic E-state index is 12.0. The van der Waals surface area contributed by atoms with Crippen LogP contribution in [0.15, 0.2) is 0 Å². The van der Waals surface area contributed by atoms with E-state index in [0.29, 0.717) is 6.42 Å². The van der Waals surface area contributed by atoms with Gasteiger partial charge in [-0.2, -0.15) is 13.2 Å². The van der Waals surface area contributed by atoms with Gasteiger partial charge in [0, 0.05) is 13.0 Å². The molecule has 1 N–H and O–H groups in total. The summed E-state index contributed by atoms with van der Waals surface area (Å²) >= 11 is 0. The van der Waals surface area contributed by atoms with Gasteiger partial charge in [0.05, 0.1) is 6.54 Å². The van der Waals surface area contributed by atoms with Gasteiger partial charge in [-0.25, -0.2) is 0 Å². The first kappa shape index (κ1) is 13.8. The van der Waals surface area contributed by atoms with Gasteiger partial charge < -0.3 is 10.2 Å². The number of halogens is 3. The molecule has 1 unspecified atom stereocenters. The van der Waals surface area contributed by atoms with E-state index in [9.17, 15) is 22.8 Å². The highest BCUT2D eigenvalue weighted by atomic mass is 19.4. The highest BCUT2D eigenvalue weighted by Gasteiger charge is 2.34. The Morgan fingerprint density at radius 3 is 2.59 bits per heavy atom. The molecule has 1 atom stereocenters. The van der Waals surface area contributed by atoms with Crippen LogP contribution in [0.25, 0.3) is 0 Å². The fourth-order valence-corrected chi connectivity index (χ4v) is 1.83. The lowest BCUT2D eigenvalue weighted by atomic mass is 10.1. The minimum Gasteiger partial charge on any atom is -0.345 e. The van der Waals surface area contributed by atoms with E-state index in [-0.39, 0.29) is 31.3 Å². The number of carbonyl (C=O) groups excluding carboxylic acids is 2. The van der Waals surface area contributed by atoms with Gasteiger partial charge in [0.25, 0.3) is 0 Å². The van der Waals surface area contributed by atoms with Gasteiger partial charge in [-0.3, -0.25) is 9.59 Å². The van der Waals surface area contributed by atoms with Crippen LogP contribution in [0.5, 0.6) is 0 Å². The number of alkyl halides is 3. The van der Waals surface area contributed by atoms with Crippen molar-refractivity contribution in [1.82, 2.24) is 10.2 Å². The largest absolute Gasteiger partial charge is 0.389 e. The quantitative estimate of drug-likeness (QED) is 0.813. The van der Waals surface area contributed by atoms with Crippen LogP contribution in [0.2, 0.25) is 0 Å². The minimum atomic E-state index is -4.22. The van der Waals surface area contributed by atoms with E-state index in [2.05, 4.69) is 5.32 Å².